The van der Waals surface area contributed by atoms with Crippen molar-refractivity contribution in [3.8, 4) is 0 Å². The molecule has 0 bridgehead atoms. The van der Waals surface area contributed by atoms with E-state index in [1.807, 2.05) is 27.7 Å². The van der Waals surface area contributed by atoms with Crippen molar-refractivity contribution in [2.24, 2.45) is 0 Å². The molecule has 1 rings (SSSR count). The van der Waals surface area contributed by atoms with Crippen LogP contribution in [0, 0.1) is 0 Å². The minimum absolute atomic E-state index is 0.0288. The van der Waals surface area contributed by atoms with Crippen molar-refractivity contribution in [3.05, 3.63) is 29.3 Å². The van der Waals surface area contributed by atoms with Crippen LogP contribution in [0.4, 0.5) is 5.69 Å². The molecule has 1 aromatic carbocycles. The lowest BCUT2D eigenvalue weighted by molar-refractivity contribution is -0.142. The van der Waals surface area contributed by atoms with E-state index >= 15 is 0 Å². The molecule has 2 N–H and O–H groups in total. The standard InChI is InChI=1S/C13H17NO4.C2H6/c1-8(2)14-11-5-4-10(7-18-9(3)15)12(6-11)13(16)17;1-2/h4-6,8,14H,7H2,1-3H3,(H,16,17);1-2H3. The second kappa shape index (κ2) is 8.96. The summed E-state index contributed by atoms with van der Waals surface area (Å²) in [4.78, 5) is 21.9. The second-order valence-corrected chi connectivity index (χ2v) is 4.26. The quantitative estimate of drug-likeness (QED) is 0.810. The maximum absolute atomic E-state index is 11.1. The van der Waals surface area contributed by atoms with Crippen molar-refractivity contribution >= 4 is 17.6 Å². The fourth-order valence-corrected chi connectivity index (χ4v) is 1.50. The van der Waals surface area contributed by atoms with E-state index in [1.165, 1.54) is 6.92 Å². The zero-order chi connectivity index (χ0) is 15.7. The Balaban J connectivity index is 0.00000172. The summed E-state index contributed by atoms with van der Waals surface area (Å²) in [6.07, 6.45) is 0. The fourth-order valence-electron chi connectivity index (χ4n) is 1.50. The fraction of sp³-hybridized carbons (Fsp3) is 0.467. The van der Waals surface area contributed by atoms with Crippen LogP contribution in [0.25, 0.3) is 0 Å². The van der Waals surface area contributed by atoms with E-state index in [-0.39, 0.29) is 18.2 Å². The highest BCUT2D eigenvalue weighted by Crippen LogP contribution is 2.18. The average Bonchev–Trinajstić information content (AvgIpc) is 2.38. The topological polar surface area (TPSA) is 75.6 Å². The Bertz CT molecular complexity index is 455. The van der Waals surface area contributed by atoms with Gasteiger partial charge in [-0.1, -0.05) is 19.9 Å². The minimum Gasteiger partial charge on any atom is -0.478 e. The number of benzene rings is 1. The van der Waals surface area contributed by atoms with Gasteiger partial charge in [0.05, 0.1) is 5.56 Å². The van der Waals surface area contributed by atoms with Crippen LogP contribution in [0.3, 0.4) is 0 Å². The summed E-state index contributed by atoms with van der Waals surface area (Å²) in [6.45, 7) is 9.19. The Morgan fingerprint density at radius 1 is 1.30 bits per heavy atom. The van der Waals surface area contributed by atoms with Gasteiger partial charge in [-0.15, -0.1) is 0 Å². The van der Waals surface area contributed by atoms with Crippen LogP contribution < -0.4 is 5.32 Å². The molecular formula is C15H23NO4. The first-order chi connectivity index (χ1) is 9.40. The summed E-state index contributed by atoms with van der Waals surface area (Å²) in [5.41, 5.74) is 1.35. The lowest BCUT2D eigenvalue weighted by Crippen LogP contribution is -2.12. The molecule has 0 aliphatic rings. The number of nitrogens with one attached hydrogen (secondary N) is 1. The summed E-state index contributed by atoms with van der Waals surface area (Å²) < 4.78 is 4.82. The molecule has 0 amide bonds. The third-order valence-corrected chi connectivity index (χ3v) is 2.23. The van der Waals surface area contributed by atoms with E-state index < -0.39 is 11.9 Å². The minimum atomic E-state index is -1.04. The van der Waals surface area contributed by atoms with Crippen molar-refractivity contribution in [2.45, 2.75) is 47.3 Å². The second-order valence-electron chi connectivity index (χ2n) is 4.26. The molecule has 0 unspecified atom stereocenters. The lowest BCUT2D eigenvalue weighted by Gasteiger charge is -2.13. The van der Waals surface area contributed by atoms with Gasteiger partial charge in [0.1, 0.15) is 6.61 Å². The molecule has 0 atom stereocenters. The van der Waals surface area contributed by atoms with Crippen LogP contribution in [0.1, 0.15) is 50.5 Å². The molecule has 0 radical (unpaired) electrons. The Labute approximate surface area is 120 Å². The first kappa shape index (κ1) is 18.0. The van der Waals surface area contributed by atoms with Crippen LogP contribution >= 0.6 is 0 Å². The molecule has 20 heavy (non-hydrogen) atoms. The average molecular weight is 281 g/mol. The number of carbonyl (C=O) groups is 2. The van der Waals surface area contributed by atoms with Crippen LogP contribution in [0.15, 0.2) is 18.2 Å². The Morgan fingerprint density at radius 2 is 1.90 bits per heavy atom. The van der Waals surface area contributed by atoms with Gasteiger partial charge in [-0.05, 0) is 26.0 Å². The Hall–Kier alpha value is -2.04. The highest BCUT2D eigenvalue weighted by molar-refractivity contribution is 5.90. The lowest BCUT2D eigenvalue weighted by atomic mass is 10.1. The Morgan fingerprint density at radius 3 is 2.35 bits per heavy atom. The summed E-state index contributed by atoms with van der Waals surface area (Å²) in [6, 6.07) is 5.18. The highest BCUT2D eigenvalue weighted by Gasteiger charge is 2.12. The Kier molecular flexibility index (Phi) is 8.04. The van der Waals surface area contributed by atoms with Gasteiger partial charge in [-0.2, -0.15) is 0 Å². The van der Waals surface area contributed by atoms with Crippen molar-refractivity contribution < 1.29 is 19.4 Å². The first-order valence-corrected chi connectivity index (χ1v) is 6.66. The van der Waals surface area contributed by atoms with Gasteiger partial charge in [-0.25, -0.2) is 4.79 Å². The van der Waals surface area contributed by atoms with E-state index in [0.29, 0.717) is 5.56 Å². The SMILES string of the molecule is CC.CC(=O)OCc1ccc(NC(C)C)cc1C(=O)O. The van der Waals surface area contributed by atoms with Crippen LogP contribution in [0.2, 0.25) is 0 Å². The molecule has 0 heterocycles. The number of hydrogen-bond acceptors (Lipinski definition) is 4. The number of anilines is 1. The van der Waals surface area contributed by atoms with Gasteiger partial charge < -0.3 is 15.2 Å². The maximum atomic E-state index is 11.1. The predicted molar refractivity (Wildman–Crippen MR) is 79.0 cm³/mol. The van der Waals surface area contributed by atoms with Crippen LogP contribution in [-0.2, 0) is 16.1 Å². The molecule has 0 spiro atoms. The van der Waals surface area contributed by atoms with E-state index in [9.17, 15) is 9.59 Å². The van der Waals surface area contributed by atoms with E-state index in [0.717, 1.165) is 5.69 Å². The summed E-state index contributed by atoms with van der Waals surface area (Å²) in [5.74, 6) is -1.47. The molecule has 0 aliphatic heterocycles. The van der Waals surface area contributed by atoms with Gasteiger partial charge in [0.2, 0.25) is 0 Å². The number of ether oxygens (including phenoxy) is 1. The molecule has 0 saturated heterocycles. The van der Waals surface area contributed by atoms with Crippen molar-refractivity contribution in [1.29, 1.82) is 0 Å². The molecule has 0 saturated carbocycles. The predicted octanol–water partition coefficient (Wildman–Crippen LogP) is 3.29. The van der Waals surface area contributed by atoms with Crippen LogP contribution in [-0.4, -0.2) is 23.1 Å². The number of esters is 1. The summed E-state index contributed by atoms with van der Waals surface area (Å²) >= 11 is 0. The molecule has 0 aliphatic carbocycles. The number of carboxylic acid groups (broad SMARTS) is 1. The summed E-state index contributed by atoms with van der Waals surface area (Å²) in [7, 11) is 0. The molecule has 5 nitrogen and oxygen atoms in total. The number of carboxylic acids is 1. The zero-order valence-electron chi connectivity index (χ0n) is 12.7. The maximum Gasteiger partial charge on any atom is 0.336 e. The van der Waals surface area contributed by atoms with Gasteiger partial charge >= 0.3 is 11.9 Å². The zero-order valence-corrected chi connectivity index (χ0v) is 12.7. The molecule has 1 aromatic rings. The number of aromatic carboxylic acids is 1. The monoisotopic (exact) mass is 281 g/mol. The van der Waals surface area contributed by atoms with Crippen LogP contribution in [0.5, 0.6) is 0 Å². The number of carbonyl (C=O) groups excluding carboxylic acids is 1. The molecule has 0 fully saturated rings. The number of hydrogen-bond donors (Lipinski definition) is 2. The van der Waals surface area contributed by atoms with Gasteiger partial charge in [0.15, 0.2) is 0 Å². The third-order valence-electron chi connectivity index (χ3n) is 2.23. The number of rotatable bonds is 5. The molecule has 0 aromatic heterocycles. The van der Waals surface area contributed by atoms with Crippen molar-refractivity contribution in [2.75, 3.05) is 5.32 Å². The highest BCUT2D eigenvalue weighted by atomic mass is 16.5. The molecular weight excluding hydrogens is 258 g/mol. The van der Waals surface area contributed by atoms with Gasteiger partial charge in [-0.3, -0.25) is 4.79 Å². The molecule has 5 heteroatoms. The third kappa shape index (κ3) is 6.22. The van der Waals surface area contributed by atoms with E-state index in [1.54, 1.807) is 18.2 Å². The van der Waals surface area contributed by atoms with E-state index in [4.69, 9.17) is 9.84 Å². The van der Waals surface area contributed by atoms with Gasteiger partial charge in [0.25, 0.3) is 0 Å². The van der Waals surface area contributed by atoms with Gasteiger partial charge in [0, 0.05) is 24.2 Å². The normalized spacial score (nSPS) is 9.50. The van der Waals surface area contributed by atoms with E-state index in [2.05, 4.69) is 5.32 Å². The van der Waals surface area contributed by atoms with Crippen molar-refractivity contribution in [1.82, 2.24) is 0 Å². The first-order valence-electron chi connectivity index (χ1n) is 6.66. The smallest absolute Gasteiger partial charge is 0.336 e. The largest absolute Gasteiger partial charge is 0.478 e. The molecule has 112 valence electrons. The van der Waals surface area contributed by atoms with Crippen molar-refractivity contribution in [3.63, 3.8) is 0 Å². The summed E-state index contributed by atoms with van der Waals surface area (Å²) in [5, 5.41) is 12.2.